The number of carbonyl (C=O) groups is 1. The van der Waals surface area contributed by atoms with Gasteiger partial charge in [-0.2, -0.15) is 0 Å². The van der Waals surface area contributed by atoms with E-state index in [1.165, 1.54) is 0 Å². The van der Waals surface area contributed by atoms with Crippen LogP contribution in [0.4, 0.5) is 0 Å². The summed E-state index contributed by atoms with van der Waals surface area (Å²) in [6.45, 7) is 2.91. The number of carbonyl (C=O) groups excluding carboxylic acids is 1. The summed E-state index contributed by atoms with van der Waals surface area (Å²) < 4.78 is 10.5. The van der Waals surface area contributed by atoms with E-state index in [0.717, 1.165) is 16.9 Å². The van der Waals surface area contributed by atoms with Gasteiger partial charge in [-0.15, -0.1) is 0 Å². The van der Waals surface area contributed by atoms with Gasteiger partial charge >= 0.3 is 0 Å². The van der Waals surface area contributed by atoms with Crippen LogP contribution in [0.3, 0.4) is 0 Å². The fourth-order valence-electron chi connectivity index (χ4n) is 2.12. The molecule has 0 radical (unpaired) electrons. The maximum Gasteiger partial charge on any atom is 0.224 e. The lowest BCUT2D eigenvalue weighted by Crippen LogP contribution is -2.24. The summed E-state index contributed by atoms with van der Waals surface area (Å²) >= 11 is 6.13. The van der Waals surface area contributed by atoms with Gasteiger partial charge in [0.1, 0.15) is 11.5 Å². The number of amides is 1. The molecule has 0 fully saturated rings. The molecule has 0 aliphatic rings. The standard InChI is InChI=1S/C18H20ClNO3/c1-3-23-17-9-6-14(10-16(17)19)12-20-18(21)11-13-4-7-15(22-2)8-5-13/h4-10H,3,11-12H2,1-2H3,(H,20,21). The third kappa shape index (κ3) is 5.18. The molecule has 0 unspecified atom stereocenters. The highest BCUT2D eigenvalue weighted by molar-refractivity contribution is 6.32. The summed E-state index contributed by atoms with van der Waals surface area (Å²) in [7, 11) is 1.61. The van der Waals surface area contributed by atoms with E-state index in [0.29, 0.717) is 30.3 Å². The summed E-state index contributed by atoms with van der Waals surface area (Å²) in [5, 5.41) is 3.43. The van der Waals surface area contributed by atoms with Crippen LogP contribution >= 0.6 is 11.6 Å². The molecule has 0 saturated heterocycles. The van der Waals surface area contributed by atoms with Gasteiger partial charge < -0.3 is 14.8 Å². The highest BCUT2D eigenvalue weighted by atomic mass is 35.5. The van der Waals surface area contributed by atoms with E-state index in [9.17, 15) is 4.79 Å². The third-order valence-corrected chi connectivity index (χ3v) is 3.60. The van der Waals surface area contributed by atoms with Crippen LogP contribution in [0.2, 0.25) is 5.02 Å². The molecule has 0 aliphatic heterocycles. The largest absolute Gasteiger partial charge is 0.497 e. The van der Waals surface area contributed by atoms with Crippen molar-refractivity contribution in [2.24, 2.45) is 0 Å². The Morgan fingerprint density at radius 2 is 1.83 bits per heavy atom. The minimum Gasteiger partial charge on any atom is -0.497 e. The van der Waals surface area contributed by atoms with Crippen molar-refractivity contribution in [2.75, 3.05) is 13.7 Å². The fraction of sp³-hybridized carbons (Fsp3) is 0.278. The summed E-state index contributed by atoms with van der Waals surface area (Å²) in [5.41, 5.74) is 1.87. The summed E-state index contributed by atoms with van der Waals surface area (Å²) in [5.74, 6) is 1.39. The first kappa shape index (κ1) is 17.2. The van der Waals surface area contributed by atoms with Crippen LogP contribution in [0.1, 0.15) is 18.1 Å². The van der Waals surface area contributed by atoms with E-state index in [1.54, 1.807) is 13.2 Å². The Morgan fingerprint density at radius 1 is 1.13 bits per heavy atom. The van der Waals surface area contributed by atoms with Crippen molar-refractivity contribution < 1.29 is 14.3 Å². The predicted molar refractivity (Wildman–Crippen MR) is 91.2 cm³/mol. The van der Waals surface area contributed by atoms with Gasteiger partial charge in [-0.1, -0.05) is 29.8 Å². The van der Waals surface area contributed by atoms with Crippen molar-refractivity contribution in [2.45, 2.75) is 19.9 Å². The van der Waals surface area contributed by atoms with Crippen LogP contribution < -0.4 is 14.8 Å². The highest BCUT2D eigenvalue weighted by Gasteiger charge is 2.06. The molecular weight excluding hydrogens is 314 g/mol. The maximum atomic E-state index is 12.0. The Bertz CT molecular complexity index is 656. The van der Waals surface area contributed by atoms with Gasteiger partial charge in [0.15, 0.2) is 0 Å². The minimum absolute atomic E-state index is 0.0415. The number of benzene rings is 2. The molecule has 0 heterocycles. The number of rotatable bonds is 7. The first-order chi connectivity index (χ1) is 11.1. The molecule has 4 nitrogen and oxygen atoms in total. The zero-order chi connectivity index (χ0) is 16.7. The van der Waals surface area contributed by atoms with Crippen molar-refractivity contribution in [3.05, 3.63) is 58.6 Å². The number of hydrogen-bond donors (Lipinski definition) is 1. The Hall–Kier alpha value is -2.20. The van der Waals surface area contributed by atoms with Crippen molar-refractivity contribution in [1.82, 2.24) is 5.32 Å². The molecule has 122 valence electrons. The average Bonchev–Trinajstić information content (AvgIpc) is 2.56. The van der Waals surface area contributed by atoms with E-state index < -0.39 is 0 Å². The summed E-state index contributed by atoms with van der Waals surface area (Å²) in [6, 6.07) is 13.0. The molecule has 1 amide bonds. The lowest BCUT2D eigenvalue weighted by Gasteiger charge is -2.09. The van der Waals surface area contributed by atoms with Gasteiger partial charge in [0.05, 0.1) is 25.2 Å². The lowest BCUT2D eigenvalue weighted by molar-refractivity contribution is -0.120. The topological polar surface area (TPSA) is 47.6 Å². The normalized spacial score (nSPS) is 10.2. The second-order valence-corrected chi connectivity index (χ2v) is 5.41. The van der Waals surface area contributed by atoms with Gasteiger partial charge in [0.25, 0.3) is 0 Å². The van der Waals surface area contributed by atoms with E-state index in [4.69, 9.17) is 21.1 Å². The molecular formula is C18H20ClNO3. The predicted octanol–water partition coefficient (Wildman–Crippen LogP) is 3.61. The lowest BCUT2D eigenvalue weighted by atomic mass is 10.1. The van der Waals surface area contributed by atoms with Crippen molar-refractivity contribution >= 4 is 17.5 Å². The van der Waals surface area contributed by atoms with Crippen LogP contribution in [0, 0.1) is 0 Å². The SMILES string of the molecule is CCOc1ccc(CNC(=O)Cc2ccc(OC)cc2)cc1Cl. The number of nitrogens with one attached hydrogen (secondary N) is 1. The first-order valence-corrected chi connectivity index (χ1v) is 7.81. The Morgan fingerprint density at radius 3 is 2.43 bits per heavy atom. The number of ether oxygens (including phenoxy) is 2. The monoisotopic (exact) mass is 333 g/mol. The molecule has 0 atom stereocenters. The number of methoxy groups -OCH3 is 1. The van der Waals surface area contributed by atoms with E-state index in [1.807, 2.05) is 43.3 Å². The first-order valence-electron chi connectivity index (χ1n) is 7.43. The van der Waals surface area contributed by atoms with E-state index >= 15 is 0 Å². The molecule has 5 heteroatoms. The van der Waals surface area contributed by atoms with E-state index in [2.05, 4.69) is 5.32 Å². The summed E-state index contributed by atoms with van der Waals surface area (Å²) in [6.07, 6.45) is 0.328. The average molecular weight is 334 g/mol. The van der Waals surface area contributed by atoms with Crippen LogP contribution in [0.5, 0.6) is 11.5 Å². The zero-order valence-electron chi connectivity index (χ0n) is 13.3. The minimum atomic E-state index is -0.0415. The smallest absolute Gasteiger partial charge is 0.224 e. The van der Waals surface area contributed by atoms with Crippen molar-refractivity contribution in [1.29, 1.82) is 0 Å². The molecule has 2 aromatic carbocycles. The molecule has 2 aromatic rings. The molecule has 1 N–H and O–H groups in total. The molecule has 0 aromatic heterocycles. The van der Waals surface area contributed by atoms with Gasteiger partial charge in [0, 0.05) is 6.54 Å². The Kier molecular flexibility index (Phi) is 6.29. The molecule has 0 saturated carbocycles. The zero-order valence-corrected chi connectivity index (χ0v) is 14.0. The van der Waals surface area contributed by atoms with Crippen LogP contribution in [0.25, 0.3) is 0 Å². The third-order valence-electron chi connectivity index (χ3n) is 3.31. The fourth-order valence-corrected chi connectivity index (χ4v) is 2.38. The molecule has 23 heavy (non-hydrogen) atoms. The van der Waals surface area contributed by atoms with Crippen LogP contribution in [0.15, 0.2) is 42.5 Å². The van der Waals surface area contributed by atoms with Gasteiger partial charge in [-0.25, -0.2) is 0 Å². The van der Waals surface area contributed by atoms with E-state index in [-0.39, 0.29) is 5.91 Å². The number of halogens is 1. The molecule has 2 rings (SSSR count). The Balaban J connectivity index is 1.87. The van der Waals surface area contributed by atoms with Crippen LogP contribution in [-0.2, 0) is 17.8 Å². The summed E-state index contributed by atoms with van der Waals surface area (Å²) in [4.78, 5) is 12.0. The van der Waals surface area contributed by atoms with Gasteiger partial charge in [-0.05, 0) is 42.3 Å². The molecule has 0 bridgehead atoms. The Labute approximate surface area is 141 Å². The maximum absolute atomic E-state index is 12.0. The second kappa shape index (κ2) is 8.44. The number of hydrogen-bond acceptors (Lipinski definition) is 3. The quantitative estimate of drug-likeness (QED) is 0.842. The molecule has 0 spiro atoms. The highest BCUT2D eigenvalue weighted by Crippen LogP contribution is 2.25. The van der Waals surface area contributed by atoms with Crippen molar-refractivity contribution in [3.63, 3.8) is 0 Å². The van der Waals surface area contributed by atoms with Gasteiger partial charge in [0.2, 0.25) is 5.91 Å². The molecule has 0 aliphatic carbocycles. The van der Waals surface area contributed by atoms with Crippen molar-refractivity contribution in [3.8, 4) is 11.5 Å². The van der Waals surface area contributed by atoms with Gasteiger partial charge in [-0.3, -0.25) is 4.79 Å². The second-order valence-electron chi connectivity index (χ2n) is 5.00. The van der Waals surface area contributed by atoms with Crippen LogP contribution in [-0.4, -0.2) is 19.6 Å².